The van der Waals surface area contributed by atoms with Crippen molar-refractivity contribution in [1.82, 2.24) is 9.80 Å². The zero-order chi connectivity index (χ0) is 20.6. The second kappa shape index (κ2) is 10.2. The third kappa shape index (κ3) is 5.93. The Morgan fingerprint density at radius 1 is 1.03 bits per heavy atom. The first kappa shape index (κ1) is 21.1. The number of likely N-dealkylation sites (tertiary alicyclic amines) is 1. The van der Waals surface area contributed by atoms with Crippen LogP contribution >= 0.6 is 0 Å². The van der Waals surface area contributed by atoms with Crippen LogP contribution in [-0.4, -0.2) is 80.2 Å². The van der Waals surface area contributed by atoms with Crippen molar-refractivity contribution in [2.45, 2.75) is 31.8 Å². The summed E-state index contributed by atoms with van der Waals surface area (Å²) in [5, 5.41) is 0. The van der Waals surface area contributed by atoms with Crippen molar-refractivity contribution in [1.29, 1.82) is 0 Å². The first-order valence-electron chi connectivity index (χ1n) is 10.0. The lowest BCUT2D eigenvalue weighted by atomic mass is 10.1. The van der Waals surface area contributed by atoms with Crippen molar-refractivity contribution in [2.75, 3.05) is 46.5 Å². The first-order valence-corrected chi connectivity index (χ1v) is 10.0. The van der Waals surface area contributed by atoms with E-state index in [1.54, 1.807) is 21.9 Å². The van der Waals surface area contributed by atoms with E-state index >= 15 is 0 Å². The highest BCUT2D eigenvalue weighted by molar-refractivity contribution is 5.94. The highest BCUT2D eigenvalue weighted by Gasteiger charge is 2.25. The van der Waals surface area contributed by atoms with Gasteiger partial charge in [-0.2, -0.15) is 0 Å². The fourth-order valence-corrected chi connectivity index (χ4v) is 3.54. The summed E-state index contributed by atoms with van der Waals surface area (Å²) in [6.07, 6.45) is 1.70. The third-order valence-corrected chi connectivity index (χ3v) is 5.25. The van der Waals surface area contributed by atoms with Gasteiger partial charge in [-0.3, -0.25) is 14.4 Å². The second-order valence-electron chi connectivity index (χ2n) is 7.21. The minimum absolute atomic E-state index is 0.00611. The van der Waals surface area contributed by atoms with Gasteiger partial charge in [0, 0.05) is 51.0 Å². The predicted molar refractivity (Wildman–Crippen MR) is 105 cm³/mol. The van der Waals surface area contributed by atoms with Crippen molar-refractivity contribution >= 4 is 17.8 Å². The molecule has 0 spiro atoms. The van der Waals surface area contributed by atoms with Gasteiger partial charge >= 0.3 is 5.97 Å². The van der Waals surface area contributed by atoms with Gasteiger partial charge < -0.3 is 24.0 Å². The Morgan fingerprint density at radius 3 is 2.45 bits per heavy atom. The number of amides is 2. The molecule has 158 valence electrons. The molecule has 8 nitrogen and oxygen atoms in total. The average molecular weight is 404 g/mol. The normalized spacial score (nSPS) is 17.7. The highest BCUT2D eigenvalue weighted by Crippen LogP contribution is 2.21. The molecule has 2 heterocycles. The molecule has 0 aromatic heterocycles. The van der Waals surface area contributed by atoms with Gasteiger partial charge in [-0.1, -0.05) is 6.07 Å². The van der Waals surface area contributed by atoms with Crippen LogP contribution < -0.4 is 4.74 Å². The number of nitrogens with zero attached hydrogens (tertiary/aromatic N) is 2. The molecule has 0 N–H and O–H groups in total. The van der Waals surface area contributed by atoms with Crippen LogP contribution in [0, 0.1) is 0 Å². The molecule has 29 heavy (non-hydrogen) atoms. The van der Waals surface area contributed by atoms with Gasteiger partial charge in [0.1, 0.15) is 11.9 Å². The fourth-order valence-electron chi connectivity index (χ4n) is 3.54. The van der Waals surface area contributed by atoms with Crippen LogP contribution in [-0.2, 0) is 19.1 Å². The summed E-state index contributed by atoms with van der Waals surface area (Å²) in [5.74, 6) is 0.249. The first-order chi connectivity index (χ1) is 14.1. The third-order valence-electron chi connectivity index (χ3n) is 5.25. The lowest BCUT2D eigenvalue weighted by Gasteiger charge is -2.32. The van der Waals surface area contributed by atoms with Crippen LogP contribution in [0.25, 0.3) is 0 Å². The van der Waals surface area contributed by atoms with Crippen molar-refractivity contribution in [2.24, 2.45) is 0 Å². The van der Waals surface area contributed by atoms with E-state index < -0.39 is 0 Å². The predicted octanol–water partition coefficient (Wildman–Crippen LogP) is 1.48. The number of methoxy groups -OCH3 is 1. The Hall–Kier alpha value is -2.61. The summed E-state index contributed by atoms with van der Waals surface area (Å²) in [6, 6.07) is 7.26. The van der Waals surface area contributed by atoms with Crippen molar-refractivity contribution in [3.05, 3.63) is 29.8 Å². The summed E-state index contributed by atoms with van der Waals surface area (Å²) >= 11 is 0. The molecule has 2 amide bonds. The molecule has 0 unspecified atom stereocenters. The minimum Gasteiger partial charge on any atom is -0.490 e. The van der Waals surface area contributed by atoms with Gasteiger partial charge in [-0.25, -0.2) is 0 Å². The van der Waals surface area contributed by atoms with Crippen LogP contribution in [0.2, 0.25) is 0 Å². The molecule has 8 heteroatoms. The van der Waals surface area contributed by atoms with E-state index in [0.29, 0.717) is 63.5 Å². The van der Waals surface area contributed by atoms with Gasteiger partial charge in [0.25, 0.3) is 5.91 Å². The second-order valence-corrected chi connectivity index (χ2v) is 7.21. The SMILES string of the molecule is COC(=O)CCC(=O)N1CCC(Oc2cccc(C(=O)N3CCOCC3)c2)CC1. The molecule has 1 aromatic carbocycles. The van der Waals surface area contributed by atoms with Gasteiger partial charge in [0.2, 0.25) is 5.91 Å². The van der Waals surface area contributed by atoms with E-state index in [4.69, 9.17) is 9.47 Å². The number of esters is 1. The summed E-state index contributed by atoms with van der Waals surface area (Å²) in [6.45, 7) is 3.53. The number of carbonyl (C=O) groups is 3. The van der Waals surface area contributed by atoms with E-state index in [1.807, 2.05) is 12.1 Å². The number of piperidine rings is 1. The van der Waals surface area contributed by atoms with Crippen molar-refractivity contribution in [3.8, 4) is 5.75 Å². The molecule has 0 atom stereocenters. The quantitative estimate of drug-likeness (QED) is 0.668. The molecule has 0 radical (unpaired) electrons. The molecule has 0 saturated carbocycles. The van der Waals surface area contributed by atoms with Gasteiger partial charge in [-0.05, 0) is 18.2 Å². The summed E-state index contributed by atoms with van der Waals surface area (Å²) < 4.78 is 15.9. The molecule has 2 saturated heterocycles. The number of hydrogen-bond donors (Lipinski definition) is 0. The molecule has 3 rings (SSSR count). The Kier molecular flexibility index (Phi) is 7.46. The van der Waals surface area contributed by atoms with Crippen molar-refractivity contribution < 1.29 is 28.6 Å². The van der Waals surface area contributed by atoms with E-state index in [-0.39, 0.29) is 36.7 Å². The average Bonchev–Trinajstić information content (AvgIpc) is 2.78. The molecular weight excluding hydrogens is 376 g/mol. The number of benzene rings is 1. The highest BCUT2D eigenvalue weighted by atomic mass is 16.5. The van der Waals surface area contributed by atoms with E-state index in [9.17, 15) is 14.4 Å². The van der Waals surface area contributed by atoms with E-state index in [1.165, 1.54) is 7.11 Å². The molecule has 2 aliphatic rings. The molecule has 2 fully saturated rings. The van der Waals surface area contributed by atoms with Crippen LogP contribution in [0.1, 0.15) is 36.0 Å². The van der Waals surface area contributed by atoms with Crippen LogP contribution in [0.4, 0.5) is 0 Å². The zero-order valence-corrected chi connectivity index (χ0v) is 16.8. The van der Waals surface area contributed by atoms with Gasteiger partial charge in [0.15, 0.2) is 0 Å². The maximum atomic E-state index is 12.6. The Morgan fingerprint density at radius 2 is 1.76 bits per heavy atom. The lowest BCUT2D eigenvalue weighted by Crippen LogP contribution is -2.42. The van der Waals surface area contributed by atoms with Gasteiger partial charge in [0.05, 0.1) is 26.7 Å². The van der Waals surface area contributed by atoms with E-state index in [0.717, 1.165) is 0 Å². The minimum atomic E-state index is -0.372. The number of hydrogen-bond acceptors (Lipinski definition) is 6. The Balaban J connectivity index is 1.48. The Labute approximate surface area is 170 Å². The van der Waals surface area contributed by atoms with Crippen LogP contribution in [0.5, 0.6) is 5.75 Å². The summed E-state index contributed by atoms with van der Waals surface area (Å²) in [4.78, 5) is 39.6. The molecular formula is C21H28N2O6. The van der Waals surface area contributed by atoms with Gasteiger partial charge in [-0.15, -0.1) is 0 Å². The number of ether oxygens (including phenoxy) is 3. The smallest absolute Gasteiger partial charge is 0.306 e. The lowest BCUT2D eigenvalue weighted by molar-refractivity contribution is -0.144. The molecule has 1 aromatic rings. The maximum absolute atomic E-state index is 12.6. The molecule has 2 aliphatic heterocycles. The fraction of sp³-hybridized carbons (Fsp3) is 0.571. The summed E-state index contributed by atoms with van der Waals surface area (Å²) in [5.41, 5.74) is 0.611. The number of rotatable bonds is 6. The van der Waals surface area contributed by atoms with Crippen molar-refractivity contribution in [3.63, 3.8) is 0 Å². The monoisotopic (exact) mass is 404 g/mol. The Bertz CT molecular complexity index is 724. The standard InChI is InChI=1S/C21H28N2O6/c1-27-20(25)6-5-19(24)22-9-7-17(8-10-22)29-18-4-2-3-16(15-18)21(26)23-11-13-28-14-12-23/h2-4,15,17H,5-14H2,1H3. The summed E-state index contributed by atoms with van der Waals surface area (Å²) in [7, 11) is 1.32. The van der Waals surface area contributed by atoms with Crippen LogP contribution in [0.3, 0.4) is 0 Å². The topological polar surface area (TPSA) is 85.4 Å². The number of carbonyl (C=O) groups excluding carboxylic acids is 3. The molecule has 0 bridgehead atoms. The largest absolute Gasteiger partial charge is 0.490 e. The maximum Gasteiger partial charge on any atom is 0.306 e. The number of morpholine rings is 1. The molecule has 0 aliphatic carbocycles. The zero-order valence-electron chi connectivity index (χ0n) is 16.8. The van der Waals surface area contributed by atoms with E-state index in [2.05, 4.69) is 4.74 Å². The van der Waals surface area contributed by atoms with Crippen LogP contribution in [0.15, 0.2) is 24.3 Å².